The van der Waals surface area contributed by atoms with Gasteiger partial charge in [-0.05, 0) is 55.5 Å². The van der Waals surface area contributed by atoms with Gasteiger partial charge in [0.05, 0.1) is 5.56 Å². The number of nitrogens with zero attached hydrogens (tertiary/aromatic N) is 2. The third-order valence-corrected chi connectivity index (χ3v) is 5.27. The van der Waals surface area contributed by atoms with E-state index in [2.05, 4.69) is 15.2 Å². The molecule has 1 saturated heterocycles. The lowest BCUT2D eigenvalue weighted by molar-refractivity contribution is 0.102. The first-order valence-corrected chi connectivity index (χ1v) is 9.48. The lowest BCUT2D eigenvalue weighted by atomic mass is 10.0. The van der Waals surface area contributed by atoms with Crippen LogP contribution >= 0.6 is 0 Å². The number of piperidine rings is 1. The van der Waals surface area contributed by atoms with Crippen LogP contribution in [0.5, 0.6) is 0 Å². The summed E-state index contributed by atoms with van der Waals surface area (Å²) in [7, 11) is 0. The van der Waals surface area contributed by atoms with Gasteiger partial charge in [0.2, 0.25) is 0 Å². The summed E-state index contributed by atoms with van der Waals surface area (Å²) in [5.41, 5.74) is 0.0929. The molecule has 0 radical (unpaired) electrons. The van der Waals surface area contributed by atoms with Gasteiger partial charge in [0, 0.05) is 19.1 Å². The average Bonchev–Trinajstić information content (AvgIpc) is 3.57. The highest BCUT2D eigenvalue weighted by atomic mass is 19.2. The van der Waals surface area contributed by atoms with Crippen molar-refractivity contribution in [2.24, 2.45) is 0 Å². The van der Waals surface area contributed by atoms with Gasteiger partial charge >= 0.3 is 0 Å². The first kappa shape index (κ1) is 19.6. The summed E-state index contributed by atoms with van der Waals surface area (Å²) in [6.07, 6.45) is 3.67. The minimum Gasteiger partial charge on any atom is -0.306 e. The van der Waals surface area contributed by atoms with Gasteiger partial charge in [-0.25, -0.2) is 22.5 Å². The molecule has 8 heteroatoms. The van der Waals surface area contributed by atoms with Gasteiger partial charge in [-0.2, -0.15) is 0 Å². The largest absolute Gasteiger partial charge is 0.306 e. The molecule has 1 aromatic heterocycles. The first-order chi connectivity index (χ1) is 13.9. The Morgan fingerprint density at radius 2 is 1.76 bits per heavy atom. The van der Waals surface area contributed by atoms with Crippen LogP contribution < -0.4 is 5.32 Å². The molecule has 4 nitrogen and oxygen atoms in total. The fourth-order valence-electron chi connectivity index (χ4n) is 3.51. The molecule has 1 amide bonds. The summed E-state index contributed by atoms with van der Waals surface area (Å²) in [4.78, 5) is 18.6. The molecule has 0 atom stereocenters. The topological polar surface area (TPSA) is 45.2 Å². The van der Waals surface area contributed by atoms with Gasteiger partial charge in [0.25, 0.3) is 5.91 Å². The van der Waals surface area contributed by atoms with Crippen molar-refractivity contribution in [2.75, 3.05) is 18.4 Å². The molecule has 2 aliphatic rings. The second kappa shape index (κ2) is 7.94. The molecule has 4 rings (SSSR count). The Labute approximate surface area is 165 Å². The third-order valence-electron chi connectivity index (χ3n) is 5.27. The highest BCUT2D eigenvalue weighted by Gasteiger charge is 2.31. The van der Waals surface area contributed by atoms with Crippen molar-refractivity contribution in [3.05, 3.63) is 64.6 Å². The maximum atomic E-state index is 14.9. The fraction of sp³-hybridized carbons (Fsp3) is 0.333. The third kappa shape index (κ3) is 4.17. The van der Waals surface area contributed by atoms with E-state index in [1.165, 1.54) is 31.0 Å². The zero-order chi connectivity index (χ0) is 20.5. The van der Waals surface area contributed by atoms with Crippen molar-refractivity contribution in [3.63, 3.8) is 0 Å². The monoisotopic (exact) mass is 405 g/mol. The molecule has 2 aromatic rings. The maximum absolute atomic E-state index is 14.9. The summed E-state index contributed by atoms with van der Waals surface area (Å²) in [6, 6.07) is 6.56. The number of carbonyl (C=O) groups excluding carboxylic acids is 1. The molecule has 1 N–H and O–H groups in total. The van der Waals surface area contributed by atoms with Gasteiger partial charge in [0.1, 0.15) is 17.3 Å². The van der Waals surface area contributed by atoms with Crippen LogP contribution in [0.25, 0.3) is 5.83 Å². The smallest absolute Gasteiger partial charge is 0.259 e. The second-order valence-corrected chi connectivity index (χ2v) is 7.27. The second-order valence-electron chi connectivity index (χ2n) is 7.27. The summed E-state index contributed by atoms with van der Waals surface area (Å²) in [5, 5.41) is 2.30. The van der Waals surface area contributed by atoms with Crippen LogP contribution in [0.1, 0.15) is 41.7 Å². The van der Waals surface area contributed by atoms with Gasteiger partial charge in [0.15, 0.2) is 17.5 Å². The molecule has 1 aromatic carbocycles. The average molecular weight is 405 g/mol. The Bertz CT molecular complexity index is 978. The fourth-order valence-corrected chi connectivity index (χ4v) is 3.51. The van der Waals surface area contributed by atoms with E-state index in [0.717, 1.165) is 19.2 Å². The quantitative estimate of drug-likeness (QED) is 0.593. The molecular weight excluding hydrogens is 386 g/mol. The van der Waals surface area contributed by atoms with Crippen molar-refractivity contribution in [1.29, 1.82) is 0 Å². The van der Waals surface area contributed by atoms with E-state index < -0.39 is 34.7 Å². The standard InChI is InChI=1S/C21H19F4N3O/c22-15-7-6-14(19(24)20(15)25)21(29)27-17-3-1-2-16(26-17)18(23)12-8-10-28(11-9-12)13-4-5-13/h1-3,6-7,13H,4-5,8-11H2,(H,26,27,29). The Hall–Kier alpha value is -2.74. The van der Waals surface area contributed by atoms with Crippen LogP contribution in [-0.4, -0.2) is 34.9 Å². The van der Waals surface area contributed by atoms with E-state index in [-0.39, 0.29) is 11.5 Å². The summed E-state index contributed by atoms with van der Waals surface area (Å²) >= 11 is 0. The molecule has 2 heterocycles. The van der Waals surface area contributed by atoms with Crippen LogP contribution in [0, 0.1) is 17.5 Å². The van der Waals surface area contributed by atoms with Crippen LogP contribution in [-0.2, 0) is 0 Å². The van der Waals surface area contributed by atoms with Gasteiger partial charge < -0.3 is 5.32 Å². The van der Waals surface area contributed by atoms with Gasteiger partial charge in [-0.1, -0.05) is 6.07 Å². The number of aromatic nitrogens is 1. The van der Waals surface area contributed by atoms with Crippen LogP contribution in [0.4, 0.5) is 23.4 Å². The number of likely N-dealkylation sites (tertiary alicyclic amines) is 1. The van der Waals surface area contributed by atoms with Crippen molar-refractivity contribution in [2.45, 2.75) is 31.7 Å². The Balaban J connectivity index is 1.49. The predicted molar refractivity (Wildman–Crippen MR) is 100 cm³/mol. The molecule has 1 aliphatic carbocycles. The van der Waals surface area contributed by atoms with Crippen LogP contribution in [0.3, 0.4) is 0 Å². The van der Waals surface area contributed by atoms with Crippen molar-refractivity contribution in [3.8, 4) is 0 Å². The number of anilines is 1. The molecule has 2 fully saturated rings. The molecule has 152 valence electrons. The highest BCUT2D eigenvalue weighted by Crippen LogP contribution is 2.33. The number of rotatable bonds is 4. The number of amides is 1. The van der Waals surface area contributed by atoms with E-state index in [0.29, 0.717) is 30.5 Å². The number of pyridine rings is 1. The molecule has 1 saturated carbocycles. The Morgan fingerprint density at radius 1 is 1.03 bits per heavy atom. The zero-order valence-electron chi connectivity index (χ0n) is 15.5. The lowest BCUT2D eigenvalue weighted by Gasteiger charge is -2.28. The SMILES string of the molecule is O=C(Nc1cccc(C(F)=C2CCN(C3CC3)CC2)n1)c1ccc(F)c(F)c1F. The summed E-state index contributed by atoms with van der Waals surface area (Å²) in [5.74, 6) is -6.14. The highest BCUT2D eigenvalue weighted by molar-refractivity contribution is 6.04. The van der Waals surface area contributed by atoms with Crippen molar-refractivity contribution >= 4 is 17.6 Å². The number of benzene rings is 1. The van der Waals surface area contributed by atoms with E-state index in [9.17, 15) is 22.4 Å². The van der Waals surface area contributed by atoms with Gasteiger partial charge in [-0.3, -0.25) is 9.69 Å². The van der Waals surface area contributed by atoms with E-state index in [4.69, 9.17) is 0 Å². The summed E-state index contributed by atoms with van der Waals surface area (Å²) < 4.78 is 55.1. The number of hydrogen-bond acceptors (Lipinski definition) is 3. The number of halogens is 4. The first-order valence-electron chi connectivity index (χ1n) is 9.48. The minimum absolute atomic E-state index is 0.0113. The van der Waals surface area contributed by atoms with Gasteiger partial charge in [-0.15, -0.1) is 0 Å². The normalized spacial score (nSPS) is 17.3. The molecule has 0 unspecified atom stereocenters. The van der Waals surface area contributed by atoms with E-state index >= 15 is 0 Å². The predicted octanol–water partition coefficient (Wildman–Crippen LogP) is 4.69. The maximum Gasteiger partial charge on any atom is 0.259 e. The Morgan fingerprint density at radius 3 is 2.45 bits per heavy atom. The minimum atomic E-state index is -1.73. The molecule has 0 bridgehead atoms. The molecule has 1 aliphatic heterocycles. The van der Waals surface area contributed by atoms with E-state index in [1.807, 2.05) is 0 Å². The lowest BCUT2D eigenvalue weighted by Crippen LogP contribution is -2.32. The van der Waals surface area contributed by atoms with E-state index in [1.54, 1.807) is 0 Å². The van der Waals surface area contributed by atoms with Crippen molar-refractivity contribution in [1.82, 2.24) is 9.88 Å². The molecule has 29 heavy (non-hydrogen) atoms. The Kier molecular flexibility index (Phi) is 5.36. The van der Waals surface area contributed by atoms with Crippen LogP contribution in [0.2, 0.25) is 0 Å². The number of carbonyl (C=O) groups is 1. The molecule has 0 spiro atoms. The summed E-state index contributed by atoms with van der Waals surface area (Å²) in [6.45, 7) is 1.64. The number of nitrogens with one attached hydrogen (secondary N) is 1. The zero-order valence-corrected chi connectivity index (χ0v) is 15.5. The van der Waals surface area contributed by atoms with Crippen LogP contribution in [0.15, 0.2) is 35.9 Å². The molecular formula is C21H19F4N3O. The number of hydrogen-bond donors (Lipinski definition) is 1. The van der Waals surface area contributed by atoms with Crippen molar-refractivity contribution < 1.29 is 22.4 Å².